The van der Waals surface area contributed by atoms with Crippen LogP contribution >= 0.6 is 0 Å². The van der Waals surface area contributed by atoms with Gasteiger partial charge in [-0.05, 0) is 48.5 Å². The number of nitrogens with two attached hydrogens (primary N) is 1. The van der Waals surface area contributed by atoms with Crippen LogP contribution in [0.3, 0.4) is 0 Å². The Kier molecular flexibility index (Phi) is 3.62. The third-order valence-corrected chi connectivity index (χ3v) is 5.09. The van der Waals surface area contributed by atoms with E-state index in [4.69, 9.17) is 5.73 Å². The normalized spacial score (nSPS) is 11.4. The van der Waals surface area contributed by atoms with Gasteiger partial charge in [0, 0.05) is 40.0 Å². The summed E-state index contributed by atoms with van der Waals surface area (Å²) in [6.07, 6.45) is 0. The molecule has 0 amide bonds. The second-order valence-electron chi connectivity index (χ2n) is 6.81. The monoisotopic (exact) mass is 368 g/mol. The maximum atomic E-state index is 13.2. The zero-order valence-corrected chi connectivity index (χ0v) is 15.2. The molecule has 2 heterocycles. The van der Waals surface area contributed by atoms with Crippen molar-refractivity contribution in [1.29, 1.82) is 0 Å². The minimum absolute atomic E-state index is 0.190. The average molecular weight is 368 g/mol. The fraction of sp³-hybridized carbons (Fsp3) is 0.0435. The topological polar surface area (TPSA) is 56.7 Å². The Hall–Kier alpha value is -3.73. The summed E-state index contributed by atoms with van der Waals surface area (Å²) in [6.45, 7) is 0. The summed E-state index contributed by atoms with van der Waals surface area (Å²) in [7, 11) is 2.07. The third kappa shape index (κ3) is 2.60. The van der Waals surface area contributed by atoms with Crippen molar-refractivity contribution in [3.05, 3.63) is 78.6 Å². The molecule has 0 atom stereocenters. The van der Waals surface area contributed by atoms with E-state index in [0.717, 1.165) is 27.7 Å². The number of para-hydroxylation sites is 1. The Balaban J connectivity index is 1.69. The minimum atomic E-state index is -0.285. The predicted molar refractivity (Wildman–Crippen MR) is 111 cm³/mol. The summed E-state index contributed by atoms with van der Waals surface area (Å²) in [5.74, 6) is -0.0951. The van der Waals surface area contributed by atoms with E-state index in [1.807, 2.05) is 24.3 Å². The number of benzene rings is 3. The fourth-order valence-electron chi connectivity index (χ4n) is 3.71. The Morgan fingerprint density at radius 3 is 2.18 bits per heavy atom. The van der Waals surface area contributed by atoms with Crippen LogP contribution in [0.4, 0.5) is 10.3 Å². The molecule has 0 aliphatic heterocycles. The number of hydrogen-bond acceptors (Lipinski definition) is 3. The highest BCUT2D eigenvalue weighted by molar-refractivity contribution is 6.09. The lowest BCUT2D eigenvalue weighted by Crippen LogP contribution is -1.98. The van der Waals surface area contributed by atoms with Crippen LogP contribution in [0.1, 0.15) is 0 Å². The van der Waals surface area contributed by atoms with Gasteiger partial charge in [-0.2, -0.15) is 0 Å². The maximum absolute atomic E-state index is 13.2. The Bertz CT molecular complexity index is 1340. The zero-order chi connectivity index (χ0) is 19.3. The minimum Gasteiger partial charge on any atom is -0.368 e. The van der Waals surface area contributed by atoms with Gasteiger partial charge in [0.25, 0.3) is 0 Å². The first-order valence-corrected chi connectivity index (χ1v) is 8.98. The molecule has 2 N–H and O–H groups in total. The number of aromatic nitrogens is 3. The lowest BCUT2D eigenvalue weighted by molar-refractivity contribution is 0.628. The van der Waals surface area contributed by atoms with Crippen molar-refractivity contribution in [2.24, 2.45) is 7.05 Å². The molecular formula is C23H17FN4. The van der Waals surface area contributed by atoms with Gasteiger partial charge in [-0.1, -0.05) is 24.3 Å². The Morgan fingerprint density at radius 1 is 0.750 bits per heavy atom. The third-order valence-electron chi connectivity index (χ3n) is 5.09. The second kappa shape index (κ2) is 6.16. The highest BCUT2D eigenvalue weighted by Crippen LogP contribution is 2.32. The summed E-state index contributed by atoms with van der Waals surface area (Å²) < 4.78 is 15.4. The van der Waals surface area contributed by atoms with Gasteiger partial charge in [-0.3, -0.25) is 0 Å². The molecule has 0 bridgehead atoms. The van der Waals surface area contributed by atoms with Gasteiger partial charge in [-0.15, -0.1) is 0 Å². The van der Waals surface area contributed by atoms with E-state index in [1.54, 1.807) is 12.1 Å². The van der Waals surface area contributed by atoms with Gasteiger partial charge in [0.15, 0.2) is 0 Å². The van der Waals surface area contributed by atoms with E-state index < -0.39 is 0 Å². The van der Waals surface area contributed by atoms with Crippen LogP contribution in [0.2, 0.25) is 0 Å². The van der Waals surface area contributed by atoms with E-state index in [2.05, 4.69) is 45.8 Å². The number of aryl methyl sites for hydroxylation is 1. The van der Waals surface area contributed by atoms with Crippen molar-refractivity contribution in [3.63, 3.8) is 0 Å². The number of fused-ring (bicyclic) bond motifs is 3. The number of nitrogens with zero attached hydrogens (tertiary/aromatic N) is 3. The van der Waals surface area contributed by atoms with Crippen molar-refractivity contribution in [2.75, 3.05) is 5.73 Å². The molecule has 0 fully saturated rings. The summed E-state index contributed by atoms with van der Waals surface area (Å²) in [5, 5.41) is 2.36. The van der Waals surface area contributed by atoms with E-state index in [1.165, 1.54) is 23.0 Å². The molecule has 3 aromatic carbocycles. The van der Waals surface area contributed by atoms with Crippen LogP contribution in [-0.2, 0) is 7.05 Å². The molecular weight excluding hydrogens is 351 g/mol. The molecule has 0 saturated carbocycles. The number of nitrogen functional groups attached to an aromatic ring is 1. The largest absolute Gasteiger partial charge is 0.368 e. The smallest absolute Gasteiger partial charge is 0.221 e. The summed E-state index contributed by atoms with van der Waals surface area (Å²) >= 11 is 0. The van der Waals surface area contributed by atoms with Gasteiger partial charge in [0.05, 0.1) is 11.4 Å². The van der Waals surface area contributed by atoms with E-state index in [0.29, 0.717) is 5.69 Å². The number of halogens is 1. The quantitative estimate of drug-likeness (QED) is 0.467. The standard InChI is InChI=1S/C23H17FN4/c1-28-21-5-3-2-4-17(21)18-12-15(8-11-22(18)28)20-13-19(26-23(25)27-20)14-6-9-16(24)10-7-14/h2-13H,1H3,(H2,25,26,27). The second-order valence-corrected chi connectivity index (χ2v) is 6.81. The van der Waals surface area contributed by atoms with Gasteiger partial charge < -0.3 is 10.3 Å². The molecule has 136 valence electrons. The van der Waals surface area contributed by atoms with Gasteiger partial charge in [0.2, 0.25) is 5.95 Å². The van der Waals surface area contributed by atoms with Gasteiger partial charge >= 0.3 is 0 Å². The summed E-state index contributed by atoms with van der Waals surface area (Å²) in [6, 6.07) is 22.7. The Labute approximate surface area is 161 Å². The molecule has 4 nitrogen and oxygen atoms in total. The van der Waals surface area contributed by atoms with Crippen LogP contribution in [-0.4, -0.2) is 14.5 Å². The van der Waals surface area contributed by atoms with Crippen LogP contribution in [0, 0.1) is 5.82 Å². The van der Waals surface area contributed by atoms with Gasteiger partial charge in [0.1, 0.15) is 5.82 Å². The molecule has 2 aromatic heterocycles. The van der Waals surface area contributed by atoms with Crippen LogP contribution in [0.15, 0.2) is 72.8 Å². The van der Waals surface area contributed by atoms with Crippen molar-refractivity contribution < 1.29 is 4.39 Å². The molecule has 0 aliphatic rings. The zero-order valence-electron chi connectivity index (χ0n) is 15.2. The average Bonchev–Trinajstić information content (AvgIpc) is 3.00. The molecule has 5 heteroatoms. The van der Waals surface area contributed by atoms with E-state index >= 15 is 0 Å². The Morgan fingerprint density at radius 2 is 1.39 bits per heavy atom. The highest BCUT2D eigenvalue weighted by atomic mass is 19.1. The predicted octanol–water partition coefficient (Wildman–Crippen LogP) is 5.18. The van der Waals surface area contributed by atoms with Crippen LogP contribution in [0.25, 0.3) is 44.3 Å². The van der Waals surface area contributed by atoms with Crippen LogP contribution < -0.4 is 5.73 Å². The van der Waals surface area contributed by atoms with Gasteiger partial charge in [-0.25, -0.2) is 14.4 Å². The number of rotatable bonds is 2. The summed E-state index contributed by atoms with van der Waals surface area (Å²) in [5.41, 5.74) is 11.5. The van der Waals surface area contributed by atoms with Crippen molar-refractivity contribution >= 4 is 27.8 Å². The van der Waals surface area contributed by atoms with Crippen molar-refractivity contribution in [3.8, 4) is 22.5 Å². The van der Waals surface area contributed by atoms with Crippen molar-refractivity contribution in [1.82, 2.24) is 14.5 Å². The fourth-order valence-corrected chi connectivity index (χ4v) is 3.71. The SMILES string of the molecule is Cn1c2ccccc2c2cc(-c3cc(-c4ccc(F)cc4)nc(N)n3)ccc21. The number of anilines is 1. The lowest BCUT2D eigenvalue weighted by Gasteiger charge is -2.07. The number of hydrogen-bond donors (Lipinski definition) is 1. The molecule has 0 saturated heterocycles. The van der Waals surface area contributed by atoms with E-state index in [9.17, 15) is 4.39 Å². The first-order valence-electron chi connectivity index (χ1n) is 8.98. The molecule has 0 unspecified atom stereocenters. The van der Waals surface area contributed by atoms with Crippen LogP contribution in [0.5, 0.6) is 0 Å². The molecule has 0 aliphatic carbocycles. The highest BCUT2D eigenvalue weighted by Gasteiger charge is 2.11. The molecule has 0 radical (unpaired) electrons. The molecule has 0 spiro atoms. The molecule has 5 rings (SSSR count). The lowest BCUT2D eigenvalue weighted by atomic mass is 10.0. The maximum Gasteiger partial charge on any atom is 0.221 e. The summed E-state index contributed by atoms with van der Waals surface area (Å²) in [4.78, 5) is 8.74. The first-order chi connectivity index (χ1) is 13.6. The molecule has 5 aromatic rings. The first kappa shape index (κ1) is 16.4. The van der Waals surface area contributed by atoms with E-state index in [-0.39, 0.29) is 11.8 Å². The van der Waals surface area contributed by atoms with Crippen molar-refractivity contribution in [2.45, 2.75) is 0 Å². The molecule has 28 heavy (non-hydrogen) atoms.